The summed E-state index contributed by atoms with van der Waals surface area (Å²) in [4.78, 5) is 11.7. The Morgan fingerprint density at radius 2 is 1.81 bits per heavy atom. The van der Waals surface area contributed by atoms with Crippen molar-refractivity contribution in [1.82, 2.24) is 10.6 Å². The van der Waals surface area contributed by atoms with Crippen LogP contribution >= 0.6 is 11.6 Å². The second-order valence-corrected chi connectivity index (χ2v) is 5.41. The van der Waals surface area contributed by atoms with Gasteiger partial charge in [0.25, 0.3) is 0 Å². The van der Waals surface area contributed by atoms with Crippen LogP contribution in [0.25, 0.3) is 0 Å². The van der Waals surface area contributed by atoms with E-state index in [1.165, 1.54) is 5.56 Å². The van der Waals surface area contributed by atoms with E-state index in [4.69, 9.17) is 11.6 Å². The topological polar surface area (TPSA) is 41.1 Å². The summed E-state index contributed by atoms with van der Waals surface area (Å²) in [5.41, 5.74) is 3.44. The summed E-state index contributed by atoms with van der Waals surface area (Å²) in [6, 6.07) is 15.6. The van der Waals surface area contributed by atoms with Gasteiger partial charge in [0.2, 0.25) is 0 Å². The summed E-state index contributed by atoms with van der Waals surface area (Å²) in [5, 5.41) is 6.42. The molecule has 0 saturated carbocycles. The number of rotatable bonds is 5. The van der Waals surface area contributed by atoms with Gasteiger partial charge in [-0.05, 0) is 36.6 Å². The summed E-state index contributed by atoms with van der Waals surface area (Å²) in [5.74, 6) is 0. The predicted octanol–water partition coefficient (Wildman–Crippen LogP) is 3.69. The minimum Gasteiger partial charge on any atom is -0.338 e. The first-order valence-electron chi connectivity index (χ1n) is 6.95. The molecule has 110 valence electrons. The highest BCUT2D eigenvalue weighted by atomic mass is 35.5. The predicted molar refractivity (Wildman–Crippen MR) is 86.6 cm³/mol. The third kappa shape index (κ3) is 5.48. The van der Waals surface area contributed by atoms with Crippen LogP contribution in [0.5, 0.6) is 0 Å². The van der Waals surface area contributed by atoms with Crippen LogP contribution in [0.1, 0.15) is 16.7 Å². The second kappa shape index (κ2) is 7.70. The summed E-state index contributed by atoms with van der Waals surface area (Å²) < 4.78 is 0. The van der Waals surface area contributed by atoms with Crippen LogP contribution in [0, 0.1) is 6.92 Å². The minimum absolute atomic E-state index is 0.148. The lowest BCUT2D eigenvalue weighted by molar-refractivity contribution is 0.240. The van der Waals surface area contributed by atoms with E-state index >= 15 is 0 Å². The van der Waals surface area contributed by atoms with Crippen LogP contribution in [-0.2, 0) is 13.0 Å². The third-order valence-corrected chi connectivity index (χ3v) is 3.40. The molecule has 0 aliphatic rings. The number of benzene rings is 2. The normalized spacial score (nSPS) is 10.2. The standard InChI is InChI=1S/C17H19ClN2O/c1-13-3-2-4-15(11-13)12-20-17(21)19-10-9-14-5-7-16(18)8-6-14/h2-8,11H,9-10,12H2,1H3,(H2,19,20,21). The maximum Gasteiger partial charge on any atom is 0.315 e. The molecular weight excluding hydrogens is 284 g/mol. The molecule has 0 radical (unpaired) electrons. The highest BCUT2D eigenvalue weighted by molar-refractivity contribution is 6.30. The second-order valence-electron chi connectivity index (χ2n) is 4.97. The Bertz CT molecular complexity index is 596. The number of hydrogen-bond acceptors (Lipinski definition) is 1. The van der Waals surface area contributed by atoms with Gasteiger partial charge in [-0.15, -0.1) is 0 Å². The van der Waals surface area contributed by atoms with E-state index in [-0.39, 0.29) is 6.03 Å². The van der Waals surface area contributed by atoms with Crippen LogP contribution in [0.15, 0.2) is 48.5 Å². The van der Waals surface area contributed by atoms with Crippen molar-refractivity contribution in [2.45, 2.75) is 19.9 Å². The molecule has 2 N–H and O–H groups in total. The maximum atomic E-state index is 11.7. The minimum atomic E-state index is -0.148. The lowest BCUT2D eigenvalue weighted by Gasteiger charge is -2.08. The molecule has 0 spiro atoms. The third-order valence-electron chi connectivity index (χ3n) is 3.15. The summed E-state index contributed by atoms with van der Waals surface area (Å²) in [6.45, 7) is 3.17. The Morgan fingerprint density at radius 3 is 2.52 bits per heavy atom. The molecule has 0 atom stereocenters. The molecule has 2 rings (SSSR count). The zero-order chi connectivity index (χ0) is 15.1. The zero-order valence-corrected chi connectivity index (χ0v) is 12.8. The van der Waals surface area contributed by atoms with Gasteiger partial charge < -0.3 is 10.6 Å². The van der Waals surface area contributed by atoms with E-state index in [0.29, 0.717) is 13.1 Å². The molecule has 0 bridgehead atoms. The fourth-order valence-corrected chi connectivity index (χ4v) is 2.16. The number of amides is 2. The molecule has 2 aromatic carbocycles. The first-order valence-corrected chi connectivity index (χ1v) is 7.33. The van der Waals surface area contributed by atoms with Crippen LogP contribution < -0.4 is 10.6 Å². The van der Waals surface area contributed by atoms with Gasteiger partial charge in [-0.2, -0.15) is 0 Å². The molecular formula is C17H19ClN2O. The van der Waals surface area contributed by atoms with Crippen molar-refractivity contribution in [3.8, 4) is 0 Å². The van der Waals surface area contributed by atoms with Crippen molar-refractivity contribution >= 4 is 17.6 Å². The first-order chi connectivity index (χ1) is 10.1. The van der Waals surface area contributed by atoms with E-state index in [9.17, 15) is 4.79 Å². The van der Waals surface area contributed by atoms with Crippen molar-refractivity contribution < 1.29 is 4.79 Å². The van der Waals surface area contributed by atoms with Crippen molar-refractivity contribution in [2.75, 3.05) is 6.54 Å². The average Bonchev–Trinajstić information content (AvgIpc) is 2.47. The first kappa shape index (κ1) is 15.4. The van der Waals surface area contributed by atoms with Crippen LogP contribution in [0.3, 0.4) is 0 Å². The molecule has 4 heteroatoms. The molecule has 0 unspecified atom stereocenters. The molecule has 3 nitrogen and oxygen atoms in total. The monoisotopic (exact) mass is 302 g/mol. The Kier molecular flexibility index (Phi) is 5.64. The smallest absolute Gasteiger partial charge is 0.315 e. The number of nitrogens with one attached hydrogen (secondary N) is 2. The number of aryl methyl sites for hydroxylation is 1. The van der Waals surface area contributed by atoms with Crippen LogP contribution in [-0.4, -0.2) is 12.6 Å². The zero-order valence-electron chi connectivity index (χ0n) is 12.0. The summed E-state index contributed by atoms with van der Waals surface area (Å²) in [6.07, 6.45) is 0.787. The summed E-state index contributed by atoms with van der Waals surface area (Å²) in [7, 11) is 0. The van der Waals surface area contributed by atoms with Gasteiger partial charge in [0.1, 0.15) is 0 Å². The number of hydrogen-bond donors (Lipinski definition) is 2. The van der Waals surface area contributed by atoms with Crippen LogP contribution in [0.2, 0.25) is 5.02 Å². The summed E-state index contributed by atoms with van der Waals surface area (Å²) >= 11 is 5.83. The fraction of sp³-hybridized carbons (Fsp3) is 0.235. The highest BCUT2D eigenvalue weighted by Gasteiger charge is 2.00. The van der Waals surface area contributed by atoms with E-state index in [1.54, 1.807) is 0 Å². The Morgan fingerprint density at radius 1 is 1.05 bits per heavy atom. The molecule has 21 heavy (non-hydrogen) atoms. The van der Waals surface area contributed by atoms with Gasteiger partial charge in [0, 0.05) is 18.1 Å². The van der Waals surface area contributed by atoms with Gasteiger partial charge >= 0.3 is 6.03 Å². The molecule has 0 heterocycles. The number of halogens is 1. The van der Waals surface area contributed by atoms with Crippen molar-refractivity contribution in [3.63, 3.8) is 0 Å². The molecule has 0 saturated heterocycles. The highest BCUT2D eigenvalue weighted by Crippen LogP contribution is 2.09. The Balaban J connectivity index is 1.69. The van der Waals surface area contributed by atoms with Crippen molar-refractivity contribution in [1.29, 1.82) is 0 Å². The SMILES string of the molecule is Cc1cccc(CNC(=O)NCCc2ccc(Cl)cc2)c1. The lowest BCUT2D eigenvalue weighted by atomic mass is 10.1. The number of urea groups is 1. The maximum absolute atomic E-state index is 11.7. The van der Waals surface area contributed by atoms with Gasteiger partial charge in [0.05, 0.1) is 0 Å². The quantitative estimate of drug-likeness (QED) is 0.869. The Labute approximate surface area is 130 Å². The van der Waals surface area contributed by atoms with Crippen molar-refractivity contribution in [2.24, 2.45) is 0 Å². The van der Waals surface area contributed by atoms with Crippen LogP contribution in [0.4, 0.5) is 4.79 Å². The molecule has 2 aromatic rings. The van der Waals surface area contributed by atoms with Gasteiger partial charge in [-0.25, -0.2) is 4.79 Å². The van der Waals surface area contributed by atoms with E-state index in [2.05, 4.69) is 16.7 Å². The molecule has 0 aromatic heterocycles. The fourth-order valence-electron chi connectivity index (χ4n) is 2.04. The van der Waals surface area contributed by atoms with Gasteiger partial charge in [-0.3, -0.25) is 0 Å². The van der Waals surface area contributed by atoms with Gasteiger partial charge in [0.15, 0.2) is 0 Å². The number of carbonyl (C=O) groups excluding carboxylic acids is 1. The molecule has 0 aliphatic heterocycles. The van der Waals surface area contributed by atoms with Gasteiger partial charge in [-0.1, -0.05) is 53.6 Å². The molecule has 0 aliphatic carbocycles. The lowest BCUT2D eigenvalue weighted by Crippen LogP contribution is -2.36. The molecule has 2 amide bonds. The Hall–Kier alpha value is -2.00. The largest absolute Gasteiger partial charge is 0.338 e. The average molecular weight is 303 g/mol. The van der Waals surface area contributed by atoms with Crippen molar-refractivity contribution in [3.05, 3.63) is 70.2 Å². The van der Waals surface area contributed by atoms with E-state index in [1.807, 2.05) is 49.4 Å². The van der Waals surface area contributed by atoms with E-state index in [0.717, 1.165) is 22.6 Å². The van der Waals surface area contributed by atoms with E-state index < -0.39 is 0 Å². The molecule has 0 fully saturated rings. The number of carbonyl (C=O) groups is 1.